The second kappa shape index (κ2) is 7.42. The number of benzene rings is 1. The number of likely N-dealkylation sites (N-methyl/N-ethyl adjacent to an activating group) is 1. The summed E-state index contributed by atoms with van der Waals surface area (Å²) in [6.45, 7) is 3.94. The number of nitrogen functional groups attached to an aromatic ring is 1. The molecule has 3 aromatic heterocycles. The van der Waals surface area contributed by atoms with Gasteiger partial charge in [0.1, 0.15) is 11.3 Å². The number of amides is 1. The van der Waals surface area contributed by atoms with Gasteiger partial charge < -0.3 is 15.5 Å². The summed E-state index contributed by atoms with van der Waals surface area (Å²) in [6, 6.07) is 7.89. The molecule has 0 aliphatic carbocycles. The minimum Gasteiger partial charge on any atom is -0.383 e. The molecule has 9 heteroatoms. The van der Waals surface area contributed by atoms with Crippen LogP contribution in [0.2, 0.25) is 0 Å². The maximum Gasteiger partial charge on any atom is 0.224 e. The first-order chi connectivity index (χ1) is 14.6. The summed E-state index contributed by atoms with van der Waals surface area (Å²) in [6.07, 6.45) is 4.10. The Hall–Kier alpha value is -3.46. The number of carbonyl (C=O) groups excluding carboxylic acids is 1. The molecule has 4 aromatic rings. The van der Waals surface area contributed by atoms with Crippen LogP contribution in [0.25, 0.3) is 33.1 Å². The maximum absolute atomic E-state index is 12.5. The Bertz CT molecular complexity index is 1200. The summed E-state index contributed by atoms with van der Waals surface area (Å²) in [7, 11) is 2.08. The van der Waals surface area contributed by atoms with E-state index in [4.69, 9.17) is 10.8 Å². The molecule has 4 heterocycles. The second-order valence-corrected chi connectivity index (χ2v) is 7.78. The number of nitrogens with two attached hydrogens (primary N) is 1. The van der Waals surface area contributed by atoms with E-state index >= 15 is 0 Å². The molecule has 1 aromatic carbocycles. The highest BCUT2D eigenvalue weighted by atomic mass is 16.2. The van der Waals surface area contributed by atoms with Crippen LogP contribution in [-0.4, -0.2) is 73.9 Å². The largest absolute Gasteiger partial charge is 0.383 e. The van der Waals surface area contributed by atoms with Crippen molar-refractivity contribution in [1.82, 2.24) is 34.8 Å². The standard InChI is InChI=1S/C21H24N8O/c1-27-8-10-28(11-9-27)19(30)5-7-29-13-16-20(26-29)15-3-2-14(17-4-6-23-25-17)12-18(15)24-21(16)22/h2-4,6,12-13H,5,7-11H2,1H3,(H2,22,24)(H,23,25). The average Bonchev–Trinajstić information content (AvgIpc) is 3.43. The first-order valence-electron chi connectivity index (χ1n) is 10.1. The van der Waals surface area contributed by atoms with Crippen LogP contribution in [0.1, 0.15) is 6.42 Å². The second-order valence-electron chi connectivity index (χ2n) is 7.78. The number of nitrogens with zero attached hydrogens (tertiary/aromatic N) is 6. The molecule has 0 spiro atoms. The summed E-state index contributed by atoms with van der Waals surface area (Å²) < 4.78 is 1.80. The van der Waals surface area contributed by atoms with Crippen LogP contribution >= 0.6 is 0 Å². The number of H-pyrrole nitrogens is 1. The van der Waals surface area contributed by atoms with Crippen LogP contribution in [0.4, 0.5) is 5.82 Å². The molecule has 1 aliphatic rings. The van der Waals surface area contributed by atoms with Crippen molar-refractivity contribution in [2.24, 2.45) is 0 Å². The Morgan fingerprint density at radius 3 is 2.77 bits per heavy atom. The molecule has 1 saturated heterocycles. The van der Waals surface area contributed by atoms with Gasteiger partial charge in [0.2, 0.25) is 5.91 Å². The molecular formula is C21H24N8O. The average molecular weight is 404 g/mol. The normalized spacial score (nSPS) is 15.3. The summed E-state index contributed by atoms with van der Waals surface area (Å²) >= 11 is 0. The van der Waals surface area contributed by atoms with E-state index in [0.717, 1.165) is 59.2 Å². The van der Waals surface area contributed by atoms with Gasteiger partial charge in [0.25, 0.3) is 0 Å². The first kappa shape index (κ1) is 18.6. The van der Waals surface area contributed by atoms with Crippen LogP contribution in [0.3, 0.4) is 0 Å². The first-order valence-corrected chi connectivity index (χ1v) is 10.1. The van der Waals surface area contributed by atoms with E-state index in [0.29, 0.717) is 18.8 Å². The lowest BCUT2D eigenvalue weighted by molar-refractivity contribution is -0.133. The SMILES string of the molecule is CN1CCN(C(=O)CCn2cc3c(N)nc4cc(-c5cc[nH]n5)ccc4c3n2)CC1. The molecule has 0 bridgehead atoms. The number of aromatic nitrogens is 5. The highest BCUT2D eigenvalue weighted by Gasteiger charge is 2.19. The van der Waals surface area contributed by atoms with Crippen LogP contribution in [0.15, 0.2) is 36.7 Å². The monoisotopic (exact) mass is 404 g/mol. The van der Waals surface area contributed by atoms with Crippen LogP contribution < -0.4 is 5.73 Å². The van der Waals surface area contributed by atoms with E-state index in [-0.39, 0.29) is 5.91 Å². The van der Waals surface area contributed by atoms with Crippen LogP contribution in [0.5, 0.6) is 0 Å². The number of aryl methyl sites for hydroxylation is 1. The molecule has 9 nitrogen and oxygen atoms in total. The maximum atomic E-state index is 12.5. The van der Waals surface area contributed by atoms with E-state index in [1.165, 1.54) is 0 Å². The van der Waals surface area contributed by atoms with Gasteiger partial charge in [-0.05, 0) is 25.2 Å². The van der Waals surface area contributed by atoms with Crippen molar-refractivity contribution < 1.29 is 4.79 Å². The van der Waals surface area contributed by atoms with Gasteiger partial charge in [0.15, 0.2) is 0 Å². The van der Waals surface area contributed by atoms with Gasteiger partial charge in [-0.2, -0.15) is 10.2 Å². The topological polar surface area (TPSA) is 109 Å². The van der Waals surface area contributed by atoms with Gasteiger partial charge in [-0.1, -0.05) is 6.07 Å². The third kappa shape index (κ3) is 3.37. The van der Waals surface area contributed by atoms with Gasteiger partial charge in [0.05, 0.1) is 16.6 Å². The molecule has 3 N–H and O–H groups in total. The van der Waals surface area contributed by atoms with Gasteiger partial charge in [-0.15, -0.1) is 0 Å². The van der Waals surface area contributed by atoms with E-state index in [2.05, 4.69) is 27.1 Å². The van der Waals surface area contributed by atoms with Crippen LogP contribution in [0, 0.1) is 0 Å². The molecule has 1 fully saturated rings. The number of fused-ring (bicyclic) bond motifs is 3. The summed E-state index contributed by atoms with van der Waals surface area (Å²) in [5.41, 5.74) is 9.62. The molecule has 0 radical (unpaired) electrons. The predicted molar refractivity (Wildman–Crippen MR) is 116 cm³/mol. The van der Waals surface area contributed by atoms with Crippen molar-refractivity contribution in [1.29, 1.82) is 0 Å². The lowest BCUT2D eigenvalue weighted by Gasteiger charge is -2.32. The van der Waals surface area contributed by atoms with E-state index in [1.807, 2.05) is 35.4 Å². The third-order valence-corrected chi connectivity index (χ3v) is 5.74. The van der Waals surface area contributed by atoms with Crippen molar-refractivity contribution >= 4 is 33.5 Å². The van der Waals surface area contributed by atoms with Gasteiger partial charge >= 0.3 is 0 Å². The van der Waals surface area contributed by atoms with Gasteiger partial charge in [0, 0.05) is 62.5 Å². The number of hydrogen-bond acceptors (Lipinski definition) is 6. The quantitative estimate of drug-likeness (QED) is 0.536. The third-order valence-electron chi connectivity index (χ3n) is 5.74. The van der Waals surface area contributed by atoms with Gasteiger partial charge in [-0.3, -0.25) is 14.6 Å². The summed E-state index contributed by atoms with van der Waals surface area (Å²) in [4.78, 5) is 21.3. The minimum absolute atomic E-state index is 0.169. The molecule has 154 valence electrons. The Labute approximate surface area is 173 Å². The Morgan fingerprint density at radius 2 is 2.00 bits per heavy atom. The number of aromatic amines is 1. The predicted octanol–water partition coefficient (Wildman–Crippen LogP) is 1.72. The molecule has 0 atom stereocenters. The molecule has 0 saturated carbocycles. The lowest BCUT2D eigenvalue weighted by Crippen LogP contribution is -2.47. The number of rotatable bonds is 4. The van der Waals surface area contributed by atoms with Crippen molar-refractivity contribution in [3.8, 4) is 11.3 Å². The molecule has 1 aliphatic heterocycles. The van der Waals surface area contributed by atoms with Crippen molar-refractivity contribution in [2.75, 3.05) is 39.0 Å². The Balaban J connectivity index is 1.40. The fraction of sp³-hybridized carbons (Fsp3) is 0.333. The fourth-order valence-electron chi connectivity index (χ4n) is 3.94. The summed E-state index contributed by atoms with van der Waals surface area (Å²) in [5, 5.41) is 13.5. The van der Waals surface area contributed by atoms with Crippen molar-refractivity contribution in [3.63, 3.8) is 0 Å². The van der Waals surface area contributed by atoms with Crippen molar-refractivity contribution in [2.45, 2.75) is 13.0 Å². The number of hydrogen-bond donors (Lipinski definition) is 2. The molecule has 5 rings (SSSR count). The number of carbonyl (C=O) groups is 1. The molecule has 0 unspecified atom stereocenters. The Kier molecular flexibility index (Phi) is 4.59. The smallest absolute Gasteiger partial charge is 0.224 e. The number of pyridine rings is 1. The van der Waals surface area contributed by atoms with E-state index in [1.54, 1.807) is 10.9 Å². The Morgan fingerprint density at radius 1 is 1.17 bits per heavy atom. The molecule has 1 amide bonds. The van der Waals surface area contributed by atoms with Crippen LogP contribution in [-0.2, 0) is 11.3 Å². The van der Waals surface area contributed by atoms with E-state index < -0.39 is 0 Å². The van der Waals surface area contributed by atoms with E-state index in [9.17, 15) is 4.79 Å². The lowest BCUT2D eigenvalue weighted by atomic mass is 10.1. The molecule has 30 heavy (non-hydrogen) atoms. The fourth-order valence-corrected chi connectivity index (χ4v) is 3.94. The number of anilines is 1. The van der Waals surface area contributed by atoms with Gasteiger partial charge in [-0.25, -0.2) is 4.98 Å². The number of piperazine rings is 1. The number of nitrogens with one attached hydrogen (secondary N) is 1. The van der Waals surface area contributed by atoms with Crippen molar-refractivity contribution in [3.05, 3.63) is 36.7 Å². The zero-order valence-corrected chi connectivity index (χ0v) is 16.9. The highest BCUT2D eigenvalue weighted by molar-refractivity contribution is 6.08. The zero-order chi connectivity index (χ0) is 20.7. The molecular weight excluding hydrogens is 380 g/mol. The highest BCUT2D eigenvalue weighted by Crippen LogP contribution is 2.29. The summed E-state index contributed by atoms with van der Waals surface area (Å²) in [5.74, 6) is 0.607. The minimum atomic E-state index is 0.169. The zero-order valence-electron chi connectivity index (χ0n) is 16.9.